The van der Waals surface area contributed by atoms with E-state index in [0.717, 1.165) is 31.5 Å². The quantitative estimate of drug-likeness (QED) is 0.667. The number of hydrogen-bond acceptors (Lipinski definition) is 5. The van der Waals surface area contributed by atoms with Crippen LogP contribution in [-0.4, -0.2) is 42.7 Å². The molecular formula is C15H23N3O3. The Morgan fingerprint density at radius 2 is 2.29 bits per heavy atom. The molecule has 1 atom stereocenters. The normalized spacial score (nSPS) is 23.0. The van der Waals surface area contributed by atoms with Crippen molar-refractivity contribution in [1.29, 1.82) is 0 Å². The molecule has 0 aromatic heterocycles. The summed E-state index contributed by atoms with van der Waals surface area (Å²) in [7, 11) is 3.47. The second kappa shape index (κ2) is 6.41. The molecule has 1 aliphatic rings. The van der Waals surface area contributed by atoms with E-state index in [1.165, 1.54) is 6.07 Å². The molecule has 1 aliphatic heterocycles. The molecule has 21 heavy (non-hydrogen) atoms. The number of nitro groups is 1. The molecule has 0 radical (unpaired) electrons. The fraction of sp³-hybridized carbons (Fsp3) is 0.600. The number of para-hydroxylation sites is 1. The Kier molecular flexibility index (Phi) is 4.80. The molecule has 0 amide bonds. The molecule has 0 bridgehead atoms. The number of nitrogens with one attached hydrogen (secondary N) is 1. The molecule has 6 heteroatoms. The maximum absolute atomic E-state index is 11.1. The third kappa shape index (κ3) is 3.51. The Hall–Kier alpha value is -1.66. The monoisotopic (exact) mass is 293 g/mol. The smallest absolute Gasteiger partial charge is 0.292 e. The fourth-order valence-electron chi connectivity index (χ4n) is 3.01. The highest BCUT2D eigenvalue weighted by Gasteiger charge is 2.31. The van der Waals surface area contributed by atoms with Gasteiger partial charge in [-0.3, -0.25) is 15.0 Å². The molecular weight excluding hydrogens is 270 g/mol. The number of methoxy groups -OCH3 is 1. The van der Waals surface area contributed by atoms with Gasteiger partial charge in [0.05, 0.1) is 10.5 Å². The highest BCUT2D eigenvalue weighted by Crippen LogP contribution is 2.31. The SMILES string of the molecule is CNc1c(CN2CCCC(C)(OC)C2)cccc1[N+](=O)[O-]. The fourth-order valence-corrected chi connectivity index (χ4v) is 3.01. The number of nitrogens with zero attached hydrogens (tertiary/aromatic N) is 2. The molecule has 1 aromatic carbocycles. The van der Waals surface area contributed by atoms with E-state index in [0.29, 0.717) is 12.2 Å². The lowest BCUT2D eigenvalue weighted by Gasteiger charge is -2.39. The lowest BCUT2D eigenvalue weighted by molar-refractivity contribution is -0.384. The van der Waals surface area contributed by atoms with Crippen LogP contribution in [0.4, 0.5) is 11.4 Å². The van der Waals surface area contributed by atoms with E-state index in [-0.39, 0.29) is 16.2 Å². The summed E-state index contributed by atoms with van der Waals surface area (Å²) in [6.07, 6.45) is 2.13. The van der Waals surface area contributed by atoms with Crippen LogP contribution in [0.3, 0.4) is 0 Å². The summed E-state index contributed by atoms with van der Waals surface area (Å²) in [6.45, 7) is 4.64. The second-order valence-electron chi connectivity index (χ2n) is 5.79. The number of benzene rings is 1. The van der Waals surface area contributed by atoms with Gasteiger partial charge in [0.2, 0.25) is 0 Å². The van der Waals surface area contributed by atoms with Crippen LogP contribution in [0.2, 0.25) is 0 Å². The molecule has 1 aromatic rings. The summed E-state index contributed by atoms with van der Waals surface area (Å²) in [6, 6.07) is 5.22. The van der Waals surface area contributed by atoms with Crippen molar-refractivity contribution in [3.05, 3.63) is 33.9 Å². The number of anilines is 1. The molecule has 2 rings (SSSR count). The van der Waals surface area contributed by atoms with E-state index in [4.69, 9.17) is 4.74 Å². The van der Waals surface area contributed by atoms with Crippen LogP contribution < -0.4 is 5.32 Å². The van der Waals surface area contributed by atoms with Crippen molar-refractivity contribution >= 4 is 11.4 Å². The average Bonchev–Trinajstić information content (AvgIpc) is 2.47. The van der Waals surface area contributed by atoms with Crippen molar-refractivity contribution in [2.24, 2.45) is 0 Å². The van der Waals surface area contributed by atoms with Gasteiger partial charge in [0.1, 0.15) is 5.69 Å². The molecule has 1 fully saturated rings. The number of ether oxygens (including phenoxy) is 1. The lowest BCUT2D eigenvalue weighted by atomic mass is 9.94. The summed E-state index contributed by atoms with van der Waals surface area (Å²) in [5.74, 6) is 0. The Morgan fingerprint density at radius 1 is 1.52 bits per heavy atom. The Balaban J connectivity index is 2.19. The first-order valence-corrected chi connectivity index (χ1v) is 7.20. The number of likely N-dealkylation sites (tertiary alicyclic amines) is 1. The van der Waals surface area contributed by atoms with Gasteiger partial charge >= 0.3 is 0 Å². The van der Waals surface area contributed by atoms with Crippen molar-refractivity contribution in [2.45, 2.75) is 31.9 Å². The summed E-state index contributed by atoms with van der Waals surface area (Å²) >= 11 is 0. The standard InChI is InChI=1S/C15H23N3O3/c1-15(21-3)8-5-9-17(11-15)10-12-6-4-7-13(18(19)20)14(12)16-2/h4,6-7,16H,5,8-11H2,1-3H3. The minimum atomic E-state index is -0.342. The van der Waals surface area contributed by atoms with Crippen molar-refractivity contribution in [3.63, 3.8) is 0 Å². The van der Waals surface area contributed by atoms with Crippen LogP contribution in [-0.2, 0) is 11.3 Å². The highest BCUT2D eigenvalue weighted by molar-refractivity contribution is 5.66. The molecule has 0 aliphatic carbocycles. The zero-order chi connectivity index (χ0) is 15.5. The largest absolute Gasteiger partial charge is 0.382 e. The van der Waals surface area contributed by atoms with Crippen molar-refractivity contribution < 1.29 is 9.66 Å². The highest BCUT2D eigenvalue weighted by atomic mass is 16.6. The van der Waals surface area contributed by atoms with Crippen molar-refractivity contribution in [2.75, 3.05) is 32.6 Å². The predicted molar refractivity (Wildman–Crippen MR) is 82.6 cm³/mol. The van der Waals surface area contributed by atoms with Gasteiger partial charge in [0.15, 0.2) is 0 Å². The van der Waals surface area contributed by atoms with Gasteiger partial charge in [-0.05, 0) is 31.9 Å². The van der Waals surface area contributed by atoms with E-state index < -0.39 is 0 Å². The Morgan fingerprint density at radius 3 is 2.90 bits per heavy atom. The molecule has 1 heterocycles. The first kappa shape index (κ1) is 15.7. The van der Waals surface area contributed by atoms with Crippen LogP contribution in [0.1, 0.15) is 25.3 Å². The third-order valence-corrected chi connectivity index (χ3v) is 4.20. The van der Waals surface area contributed by atoms with Crippen molar-refractivity contribution in [1.82, 2.24) is 4.90 Å². The zero-order valence-electron chi connectivity index (χ0n) is 12.9. The number of hydrogen-bond donors (Lipinski definition) is 1. The molecule has 116 valence electrons. The second-order valence-corrected chi connectivity index (χ2v) is 5.79. The van der Waals surface area contributed by atoms with Crippen LogP contribution in [0.5, 0.6) is 0 Å². The topological polar surface area (TPSA) is 67.6 Å². The minimum Gasteiger partial charge on any atom is -0.382 e. The molecule has 1 N–H and O–H groups in total. The minimum absolute atomic E-state index is 0.126. The zero-order valence-corrected chi connectivity index (χ0v) is 12.9. The van der Waals surface area contributed by atoms with E-state index in [9.17, 15) is 10.1 Å². The van der Waals surface area contributed by atoms with Crippen LogP contribution in [0.25, 0.3) is 0 Å². The maximum Gasteiger partial charge on any atom is 0.292 e. The van der Waals surface area contributed by atoms with Crippen LogP contribution in [0.15, 0.2) is 18.2 Å². The van der Waals surface area contributed by atoms with E-state index in [2.05, 4.69) is 17.1 Å². The van der Waals surface area contributed by atoms with E-state index in [1.54, 1.807) is 20.2 Å². The van der Waals surface area contributed by atoms with Gasteiger partial charge in [0.25, 0.3) is 5.69 Å². The van der Waals surface area contributed by atoms with E-state index in [1.807, 2.05) is 6.07 Å². The van der Waals surface area contributed by atoms with Gasteiger partial charge in [-0.25, -0.2) is 0 Å². The number of nitro benzene ring substituents is 1. The molecule has 1 unspecified atom stereocenters. The summed E-state index contributed by atoms with van der Waals surface area (Å²) in [5, 5.41) is 14.1. The molecule has 6 nitrogen and oxygen atoms in total. The van der Waals surface area contributed by atoms with Crippen LogP contribution >= 0.6 is 0 Å². The summed E-state index contributed by atoms with van der Waals surface area (Å²) in [4.78, 5) is 13.1. The van der Waals surface area contributed by atoms with Crippen molar-refractivity contribution in [3.8, 4) is 0 Å². The summed E-state index contributed by atoms with van der Waals surface area (Å²) in [5.41, 5.74) is 1.56. The summed E-state index contributed by atoms with van der Waals surface area (Å²) < 4.78 is 5.60. The van der Waals surface area contributed by atoms with Gasteiger partial charge in [0, 0.05) is 33.3 Å². The predicted octanol–water partition coefficient (Wildman–Crippen LogP) is 2.64. The van der Waals surface area contributed by atoms with Gasteiger partial charge < -0.3 is 10.1 Å². The average molecular weight is 293 g/mol. The van der Waals surface area contributed by atoms with Gasteiger partial charge in [-0.2, -0.15) is 0 Å². The molecule has 0 spiro atoms. The molecule has 1 saturated heterocycles. The maximum atomic E-state index is 11.1. The third-order valence-electron chi connectivity index (χ3n) is 4.20. The Labute approximate surface area is 125 Å². The lowest BCUT2D eigenvalue weighted by Crippen LogP contribution is -2.46. The first-order chi connectivity index (χ1) is 9.99. The van der Waals surface area contributed by atoms with Gasteiger partial charge in [-0.1, -0.05) is 12.1 Å². The Bertz CT molecular complexity index is 521. The van der Waals surface area contributed by atoms with Crippen LogP contribution in [0, 0.1) is 10.1 Å². The van der Waals surface area contributed by atoms with E-state index >= 15 is 0 Å². The number of piperidine rings is 1. The first-order valence-electron chi connectivity index (χ1n) is 7.20. The van der Waals surface area contributed by atoms with Gasteiger partial charge in [-0.15, -0.1) is 0 Å². The molecule has 0 saturated carbocycles. The number of rotatable bonds is 5.